The molecule has 1 aromatic carbocycles. The van der Waals surface area contributed by atoms with Crippen molar-refractivity contribution in [3.05, 3.63) is 24.3 Å². The number of fused-ring (bicyclic) bond motifs is 3. The molecule has 0 fully saturated rings. The van der Waals surface area contributed by atoms with E-state index in [9.17, 15) is 0 Å². The number of rotatable bonds is 3. The second-order valence-electron chi connectivity index (χ2n) is 4.21. The quantitative estimate of drug-likeness (QED) is 0.657. The second-order valence-corrected chi connectivity index (χ2v) is 5.29. The lowest BCUT2D eigenvalue weighted by Crippen LogP contribution is -1.98. The lowest BCUT2D eigenvalue weighted by Gasteiger charge is -1.98. The van der Waals surface area contributed by atoms with Crippen LogP contribution in [0.2, 0.25) is 0 Å². The summed E-state index contributed by atoms with van der Waals surface area (Å²) in [7, 11) is 0. The maximum absolute atomic E-state index is 5.86. The number of nitrogen functional groups attached to an aromatic ring is 1. The van der Waals surface area contributed by atoms with Crippen molar-refractivity contribution in [1.29, 1.82) is 0 Å². The van der Waals surface area contributed by atoms with Gasteiger partial charge in [-0.1, -0.05) is 19.1 Å². The first-order chi connectivity index (χ1) is 8.28. The Balaban J connectivity index is 2.16. The fourth-order valence-electron chi connectivity index (χ4n) is 2.07. The van der Waals surface area contributed by atoms with Crippen LogP contribution in [0.1, 0.15) is 13.3 Å². The molecule has 0 spiro atoms. The minimum absolute atomic E-state index is 0.866. The van der Waals surface area contributed by atoms with Crippen molar-refractivity contribution in [2.75, 3.05) is 17.6 Å². The molecule has 4 heteroatoms. The van der Waals surface area contributed by atoms with Crippen LogP contribution in [0.3, 0.4) is 0 Å². The number of H-pyrrole nitrogens is 1. The third kappa shape index (κ3) is 1.74. The summed E-state index contributed by atoms with van der Waals surface area (Å²) in [6.45, 7) is 3.15. The Morgan fingerprint density at radius 2 is 2.12 bits per heavy atom. The predicted molar refractivity (Wildman–Crippen MR) is 76.9 cm³/mol. The number of nitrogens with one attached hydrogen (secondary N) is 2. The highest BCUT2D eigenvalue weighted by molar-refractivity contribution is 7.23. The first-order valence-corrected chi connectivity index (χ1v) is 6.64. The molecule has 2 heterocycles. The van der Waals surface area contributed by atoms with Crippen molar-refractivity contribution < 1.29 is 0 Å². The van der Waals surface area contributed by atoms with E-state index in [1.165, 1.54) is 21.0 Å². The third-order valence-electron chi connectivity index (χ3n) is 2.86. The molecule has 4 N–H and O–H groups in total. The molecule has 2 aromatic heterocycles. The van der Waals surface area contributed by atoms with Crippen molar-refractivity contribution in [3.8, 4) is 0 Å². The van der Waals surface area contributed by atoms with Gasteiger partial charge in [0.15, 0.2) is 0 Å². The fourth-order valence-corrected chi connectivity index (χ4v) is 3.01. The molecule has 0 saturated heterocycles. The van der Waals surface area contributed by atoms with E-state index in [1.807, 2.05) is 6.07 Å². The van der Waals surface area contributed by atoms with Gasteiger partial charge in [0.2, 0.25) is 0 Å². The van der Waals surface area contributed by atoms with E-state index >= 15 is 0 Å². The Hall–Kier alpha value is -1.68. The largest absolute Gasteiger partial charge is 0.391 e. The van der Waals surface area contributed by atoms with Gasteiger partial charge in [0.05, 0.1) is 15.2 Å². The highest BCUT2D eigenvalue weighted by Gasteiger charge is 2.07. The van der Waals surface area contributed by atoms with Crippen LogP contribution in [0.15, 0.2) is 24.3 Å². The van der Waals surface area contributed by atoms with Crippen molar-refractivity contribution in [2.45, 2.75) is 13.3 Å². The number of aromatic nitrogens is 1. The van der Waals surface area contributed by atoms with Crippen LogP contribution in [0.25, 0.3) is 21.0 Å². The Morgan fingerprint density at radius 1 is 1.29 bits per heavy atom. The number of hydrogen-bond acceptors (Lipinski definition) is 3. The lowest BCUT2D eigenvalue weighted by molar-refractivity contribution is 0.973. The average molecular weight is 245 g/mol. The predicted octanol–water partition coefficient (Wildman–Crippen LogP) is 3.79. The van der Waals surface area contributed by atoms with E-state index in [1.54, 1.807) is 11.3 Å². The Kier molecular flexibility index (Phi) is 2.44. The van der Waals surface area contributed by atoms with Crippen LogP contribution >= 0.6 is 11.3 Å². The standard InChI is InChI=1S/C13H15N3S/c1-2-5-15-11-7-8-3-4-9-6-10(14)17-13(9)12(8)16-11/h3-4,6-7,15-16H,2,5,14H2,1H3. The highest BCUT2D eigenvalue weighted by Crippen LogP contribution is 2.34. The molecular formula is C13H15N3S. The van der Waals surface area contributed by atoms with Crippen molar-refractivity contribution in [1.82, 2.24) is 4.98 Å². The Morgan fingerprint density at radius 3 is 2.94 bits per heavy atom. The zero-order chi connectivity index (χ0) is 11.8. The number of aromatic amines is 1. The number of hydrogen-bond donors (Lipinski definition) is 3. The van der Waals surface area contributed by atoms with Crippen LogP contribution < -0.4 is 11.1 Å². The van der Waals surface area contributed by atoms with Crippen molar-refractivity contribution in [2.24, 2.45) is 0 Å². The van der Waals surface area contributed by atoms with Gasteiger partial charge in [-0.3, -0.25) is 0 Å². The van der Waals surface area contributed by atoms with E-state index in [2.05, 4.69) is 35.4 Å². The summed E-state index contributed by atoms with van der Waals surface area (Å²) < 4.78 is 1.24. The molecule has 3 aromatic rings. The number of thiophene rings is 1. The minimum Gasteiger partial charge on any atom is -0.391 e. The van der Waals surface area contributed by atoms with Crippen LogP contribution in [0.4, 0.5) is 10.8 Å². The van der Waals surface area contributed by atoms with E-state index in [0.717, 1.165) is 23.8 Å². The van der Waals surface area contributed by atoms with Crippen LogP contribution in [0.5, 0.6) is 0 Å². The molecule has 0 aliphatic carbocycles. The highest BCUT2D eigenvalue weighted by atomic mass is 32.1. The van der Waals surface area contributed by atoms with Gasteiger partial charge in [0.1, 0.15) is 5.82 Å². The number of nitrogens with two attached hydrogens (primary N) is 1. The first-order valence-electron chi connectivity index (χ1n) is 5.82. The maximum Gasteiger partial charge on any atom is 0.104 e. The molecular weight excluding hydrogens is 230 g/mol. The van der Waals surface area contributed by atoms with Gasteiger partial charge in [-0.2, -0.15) is 0 Å². The van der Waals surface area contributed by atoms with Gasteiger partial charge in [0.25, 0.3) is 0 Å². The van der Waals surface area contributed by atoms with Gasteiger partial charge in [0, 0.05) is 11.9 Å². The van der Waals surface area contributed by atoms with E-state index < -0.39 is 0 Å². The van der Waals surface area contributed by atoms with Gasteiger partial charge >= 0.3 is 0 Å². The summed E-state index contributed by atoms with van der Waals surface area (Å²) in [6.07, 6.45) is 1.12. The smallest absolute Gasteiger partial charge is 0.104 e. The minimum atomic E-state index is 0.866. The summed E-state index contributed by atoms with van der Waals surface area (Å²) in [6, 6.07) is 8.44. The Bertz CT molecular complexity index is 666. The molecule has 0 unspecified atom stereocenters. The molecule has 0 amide bonds. The molecule has 0 atom stereocenters. The van der Waals surface area contributed by atoms with Crippen LogP contribution in [0, 0.1) is 0 Å². The molecule has 3 nitrogen and oxygen atoms in total. The summed E-state index contributed by atoms with van der Waals surface area (Å²) in [5.74, 6) is 1.08. The fraction of sp³-hybridized carbons (Fsp3) is 0.231. The molecule has 0 aliphatic rings. The lowest BCUT2D eigenvalue weighted by atomic mass is 10.2. The summed E-state index contributed by atoms with van der Waals surface area (Å²) in [4.78, 5) is 3.43. The Labute approximate surface area is 104 Å². The molecule has 0 saturated carbocycles. The maximum atomic E-state index is 5.86. The summed E-state index contributed by atoms with van der Waals surface area (Å²) in [5, 5.41) is 6.69. The molecule has 0 radical (unpaired) electrons. The van der Waals surface area contributed by atoms with Crippen LogP contribution in [-0.2, 0) is 0 Å². The summed E-state index contributed by atoms with van der Waals surface area (Å²) in [5.41, 5.74) is 7.04. The zero-order valence-corrected chi connectivity index (χ0v) is 10.5. The van der Waals surface area contributed by atoms with E-state index in [0.29, 0.717) is 0 Å². The van der Waals surface area contributed by atoms with E-state index in [-0.39, 0.29) is 0 Å². The van der Waals surface area contributed by atoms with Gasteiger partial charge in [-0.05, 0) is 23.9 Å². The van der Waals surface area contributed by atoms with Crippen molar-refractivity contribution in [3.63, 3.8) is 0 Å². The van der Waals surface area contributed by atoms with Crippen LogP contribution in [-0.4, -0.2) is 11.5 Å². The summed E-state index contributed by atoms with van der Waals surface area (Å²) >= 11 is 1.64. The second kappa shape index (κ2) is 3.96. The van der Waals surface area contributed by atoms with Gasteiger partial charge < -0.3 is 16.0 Å². The van der Waals surface area contributed by atoms with E-state index in [4.69, 9.17) is 5.73 Å². The monoisotopic (exact) mass is 245 g/mol. The zero-order valence-electron chi connectivity index (χ0n) is 9.71. The SMILES string of the molecule is CCCNc1cc2ccc3cc(N)sc3c2[nH]1. The average Bonchev–Trinajstić information content (AvgIpc) is 2.87. The van der Waals surface area contributed by atoms with Crippen molar-refractivity contribution >= 4 is 43.1 Å². The molecule has 3 rings (SSSR count). The molecule has 88 valence electrons. The molecule has 0 bridgehead atoms. The molecule has 0 aliphatic heterocycles. The van der Waals surface area contributed by atoms with Gasteiger partial charge in [-0.25, -0.2) is 0 Å². The first kappa shape index (κ1) is 10.5. The van der Waals surface area contributed by atoms with Gasteiger partial charge in [-0.15, -0.1) is 11.3 Å². The number of anilines is 2. The third-order valence-corrected chi connectivity index (χ3v) is 3.86. The molecule has 17 heavy (non-hydrogen) atoms. The number of benzene rings is 1. The topological polar surface area (TPSA) is 53.8 Å². The normalized spacial score (nSPS) is 11.4.